The molecule has 0 radical (unpaired) electrons. The fourth-order valence-electron chi connectivity index (χ4n) is 1.63. The lowest BCUT2D eigenvalue weighted by Gasteiger charge is -2.08. The molecule has 0 unspecified atom stereocenters. The summed E-state index contributed by atoms with van der Waals surface area (Å²) >= 11 is 0. The predicted octanol–water partition coefficient (Wildman–Crippen LogP) is 2.27. The number of sulfonamides is 1. The number of para-hydroxylation sites is 1. The summed E-state index contributed by atoms with van der Waals surface area (Å²) in [5, 5.41) is 0. The van der Waals surface area contributed by atoms with Crippen LogP contribution < -0.4 is 4.72 Å². The van der Waals surface area contributed by atoms with Gasteiger partial charge in [0.1, 0.15) is 0 Å². The number of nitrogens with one attached hydrogen (secondary N) is 1. The molecule has 1 N–H and O–H groups in total. The van der Waals surface area contributed by atoms with Gasteiger partial charge in [0.25, 0.3) is 10.0 Å². The van der Waals surface area contributed by atoms with Gasteiger partial charge in [-0.3, -0.25) is 4.72 Å². The average Bonchev–Trinajstić information content (AvgIpc) is 2.47. The highest BCUT2D eigenvalue weighted by Gasteiger charge is 2.16. The van der Waals surface area contributed by atoms with Gasteiger partial charge in [-0.2, -0.15) is 0 Å². The van der Waals surface area contributed by atoms with Crippen LogP contribution in [0.25, 0.3) is 0 Å². The van der Waals surface area contributed by atoms with Crippen molar-refractivity contribution in [2.24, 2.45) is 0 Å². The molecule has 0 bridgehead atoms. The van der Waals surface area contributed by atoms with Crippen LogP contribution in [0.5, 0.6) is 0 Å². The van der Waals surface area contributed by atoms with Gasteiger partial charge in [-0.05, 0) is 30.3 Å². The van der Waals surface area contributed by atoms with Gasteiger partial charge in [-0.25, -0.2) is 13.2 Å². The first-order valence-corrected chi connectivity index (χ1v) is 7.27. The number of anilines is 1. The molecule has 104 valence electrons. The summed E-state index contributed by atoms with van der Waals surface area (Å²) in [4.78, 5) is 11.4. The van der Waals surface area contributed by atoms with Crippen LogP contribution in [0.3, 0.4) is 0 Å². The topological polar surface area (TPSA) is 72.5 Å². The van der Waals surface area contributed by atoms with E-state index < -0.39 is 16.0 Å². The standard InChI is InChI=1S/C14H13NO4S/c1-19-14(16)11-6-5-9-13(10-11)20(17,18)15-12-7-3-2-4-8-12/h2-10,15H,1H3. The maximum absolute atomic E-state index is 12.2. The van der Waals surface area contributed by atoms with Crippen LogP contribution >= 0.6 is 0 Å². The lowest BCUT2D eigenvalue weighted by atomic mass is 10.2. The van der Waals surface area contributed by atoms with Gasteiger partial charge in [0.2, 0.25) is 0 Å². The van der Waals surface area contributed by atoms with Gasteiger partial charge in [-0.15, -0.1) is 0 Å². The van der Waals surface area contributed by atoms with Crippen LogP contribution in [-0.4, -0.2) is 21.5 Å². The zero-order chi connectivity index (χ0) is 14.6. The van der Waals surface area contributed by atoms with Gasteiger partial charge in [0.15, 0.2) is 0 Å². The fourth-order valence-corrected chi connectivity index (χ4v) is 2.73. The molecule has 0 aliphatic rings. The molecular formula is C14H13NO4S. The van der Waals surface area contributed by atoms with E-state index in [1.54, 1.807) is 30.3 Å². The summed E-state index contributed by atoms with van der Waals surface area (Å²) in [6, 6.07) is 14.2. The fraction of sp³-hybridized carbons (Fsp3) is 0.0714. The first kappa shape index (κ1) is 14.1. The first-order chi connectivity index (χ1) is 9.53. The maximum atomic E-state index is 12.2. The Morgan fingerprint density at radius 1 is 1.05 bits per heavy atom. The second-order valence-electron chi connectivity index (χ2n) is 3.99. The summed E-state index contributed by atoms with van der Waals surface area (Å²) in [6.45, 7) is 0. The number of methoxy groups -OCH3 is 1. The summed E-state index contributed by atoms with van der Waals surface area (Å²) in [5.74, 6) is -0.582. The summed E-state index contributed by atoms with van der Waals surface area (Å²) in [5.41, 5.74) is 0.638. The van der Waals surface area contributed by atoms with Crippen LogP contribution in [-0.2, 0) is 14.8 Å². The third-order valence-electron chi connectivity index (χ3n) is 2.59. The summed E-state index contributed by atoms with van der Waals surface area (Å²) in [7, 11) is -2.49. The third-order valence-corrected chi connectivity index (χ3v) is 3.97. The Morgan fingerprint density at radius 2 is 1.75 bits per heavy atom. The molecule has 0 fully saturated rings. The number of hydrogen-bond acceptors (Lipinski definition) is 4. The molecule has 2 aromatic rings. The number of benzene rings is 2. The maximum Gasteiger partial charge on any atom is 0.337 e. The highest BCUT2D eigenvalue weighted by atomic mass is 32.2. The van der Waals surface area contributed by atoms with Crippen molar-refractivity contribution in [3.8, 4) is 0 Å². The van der Waals surface area contributed by atoms with Gasteiger partial charge in [0, 0.05) is 5.69 Å². The molecular weight excluding hydrogens is 278 g/mol. The van der Waals surface area contributed by atoms with Crippen molar-refractivity contribution in [3.05, 3.63) is 60.2 Å². The van der Waals surface area contributed by atoms with Gasteiger partial charge >= 0.3 is 5.97 Å². The van der Waals surface area contributed by atoms with Gasteiger partial charge < -0.3 is 4.74 Å². The van der Waals surface area contributed by atoms with Crippen molar-refractivity contribution in [3.63, 3.8) is 0 Å². The van der Waals surface area contributed by atoms with E-state index in [4.69, 9.17) is 0 Å². The molecule has 0 saturated carbocycles. The molecule has 0 aliphatic carbocycles. The molecule has 0 aromatic heterocycles. The Kier molecular flexibility index (Phi) is 4.05. The minimum atomic E-state index is -3.74. The van der Waals surface area contributed by atoms with E-state index in [1.807, 2.05) is 0 Å². The van der Waals surface area contributed by atoms with E-state index in [-0.39, 0.29) is 10.5 Å². The largest absolute Gasteiger partial charge is 0.465 e. The van der Waals surface area contributed by atoms with Crippen molar-refractivity contribution in [2.75, 3.05) is 11.8 Å². The second kappa shape index (κ2) is 5.75. The molecule has 6 heteroatoms. The molecule has 2 aromatic carbocycles. The smallest absolute Gasteiger partial charge is 0.337 e. The molecule has 0 aliphatic heterocycles. The molecule has 0 saturated heterocycles. The van der Waals surface area contributed by atoms with Crippen LogP contribution in [0.2, 0.25) is 0 Å². The van der Waals surface area contributed by atoms with E-state index in [0.717, 1.165) is 0 Å². The summed E-state index contributed by atoms with van der Waals surface area (Å²) < 4.78 is 31.4. The Balaban J connectivity index is 2.33. The first-order valence-electron chi connectivity index (χ1n) is 5.79. The van der Waals surface area contributed by atoms with Crippen molar-refractivity contribution in [1.29, 1.82) is 0 Å². The van der Waals surface area contributed by atoms with Crippen LogP contribution in [0.15, 0.2) is 59.5 Å². The van der Waals surface area contributed by atoms with Crippen LogP contribution in [0.1, 0.15) is 10.4 Å². The number of hydrogen-bond donors (Lipinski definition) is 1. The molecule has 0 amide bonds. The molecule has 0 heterocycles. The second-order valence-corrected chi connectivity index (χ2v) is 5.67. The quantitative estimate of drug-likeness (QED) is 0.877. The number of rotatable bonds is 4. The van der Waals surface area contributed by atoms with Crippen molar-refractivity contribution < 1.29 is 17.9 Å². The van der Waals surface area contributed by atoms with Gasteiger partial charge in [-0.1, -0.05) is 24.3 Å². The van der Waals surface area contributed by atoms with Crippen molar-refractivity contribution in [2.45, 2.75) is 4.90 Å². The molecule has 20 heavy (non-hydrogen) atoms. The SMILES string of the molecule is COC(=O)c1cccc(S(=O)(=O)Nc2ccccc2)c1. The van der Waals surface area contributed by atoms with Gasteiger partial charge in [0.05, 0.1) is 17.6 Å². The zero-order valence-corrected chi connectivity index (χ0v) is 11.6. The monoisotopic (exact) mass is 291 g/mol. The molecule has 5 nitrogen and oxygen atoms in total. The Morgan fingerprint density at radius 3 is 2.40 bits per heavy atom. The Hall–Kier alpha value is -2.34. The Bertz CT molecular complexity index is 711. The predicted molar refractivity (Wildman–Crippen MR) is 75.0 cm³/mol. The highest BCUT2D eigenvalue weighted by molar-refractivity contribution is 7.92. The third kappa shape index (κ3) is 3.16. The number of esters is 1. The van der Waals surface area contributed by atoms with E-state index in [1.165, 1.54) is 31.4 Å². The van der Waals surface area contributed by atoms with E-state index in [9.17, 15) is 13.2 Å². The number of ether oxygens (including phenoxy) is 1. The average molecular weight is 291 g/mol. The number of carbonyl (C=O) groups excluding carboxylic acids is 1. The minimum Gasteiger partial charge on any atom is -0.465 e. The van der Waals surface area contributed by atoms with Crippen LogP contribution in [0, 0.1) is 0 Å². The molecule has 0 atom stereocenters. The van der Waals surface area contributed by atoms with Crippen LogP contribution in [0.4, 0.5) is 5.69 Å². The minimum absolute atomic E-state index is 0.00394. The highest BCUT2D eigenvalue weighted by Crippen LogP contribution is 2.17. The lowest BCUT2D eigenvalue weighted by molar-refractivity contribution is 0.0600. The van der Waals surface area contributed by atoms with E-state index >= 15 is 0 Å². The summed E-state index contributed by atoms with van der Waals surface area (Å²) in [6.07, 6.45) is 0. The lowest BCUT2D eigenvalue weighted by Crippen LogP contribution is -2.13. The molecule has 2 rings (SSSR count). The molecule has 0 spiro atoms. The van der Waals surface area contributed by atoms with E-state index in [0.29, 0.717) is 5.69 Å². The van der Waals surface area contributed by atoms with Crippen molar-refractivity contribution in [1.82, 2.24) is 0 Å². The zero-order valence-electron chi connectivity index (χ0n) is 10.7. The van der Waals surface area contributed by atoms with E-state index in [2.05, 4.69) is 9.46 Å². The number of carbonyl (C=O) groups is 1. The normalized spacial score (nSPS) is 10.8. The van der Waals surface area contributed by atoms with Crippen molar-refractivity contribution >= 4 is 21.7 Å². The Labute approximate surface area is 117 Å².